The molecule has 2 aliphatic heterocycles. The van der Waals surface area contributed by atoms with Gasteiger partial charge in [0, 0.05) is 36.9 Å². The van der Waals surface area contributed by atoms with E-state index in [0.29, 0.717) is 37.2 Å². The van der Waals surface area contributed by atoms with Gasteiger partial charge in [-0.3, -0.25) is 14.6 Å². The Morgan fingerprint density at radius 3 is 2.41 bits per heavy atom. The number of amides is 3. The number of urea groups is 1. The summed E-state index contributed by atoms with van der Waals surface area (Å²) in [4.78, 5) is 28.5. The van der Waals surface area contributed by atoms with Crippen LogP contribution in [0.15, 0.2) is 24.3 Å². The Bertz CT molecular complexity index is 651. The highest BCUT2D eigenvalue weighted by atomic mass is 16.2. The molecule has 0 radical (unpaired) electrons. The summed E-state index contributed by atoms with van der Waals surface area (Å²) in [5, 5.41) is 5.90. The molecule has 1 atom stereocenters. The molecule has 2 heterocycles. The van der Waals surface area contributed by atoms with Crippen LogP contribution < -0.4 is 15.5 Å². The van der Waals surface area contributed by atoms with Crippen LogP contribution in [0.2, 0.25) is 0 Å². The van der Waals surface area contributed by atoms with E-state index in [0.717, 1.165) is 24.7 Å². The summed E-state index contributed by atoms with van der Waals surface area (Å²) in [6.45, 7) is 11.0. The number of nitrogens with one attached hydrogen (secondary N) is 2. The molecule has 1 aromatic rings. The molecule has 1 aromatic carbocycles. The molecule has 3 amide bonds. The monoisotopic (exact) mass is 372 g/mol. The first-order valence-corrected chi connectivity index (χ1v) is 10.1. The predicted octanol–water partition coefficient (Wildman–Crippen LogP) is 2.70. The highest BCUT2D eigenvalue weighted by molar-refractivity contribution is 5.97. The Kier molecular flexibility index (Phi) is 6.37. The summed E-state index contributed by atoms with van der Waals surface area (Å²) >= 11 is 0. The number of anilines is 1. The molecule has 2 N–H and O–H groups in total. The standard InChI is InChI=1S/C21H32N4O2/c1-15(2)19(24-11-8-16(3)9-12-24)14-23-20(26)17-4-6-18(7-5-17)25-13-10-22-21(25)27/h4-7,15-16,19H,8-14H2,1-3H3,(H,22,27)(H,23,26)/t19-/m0/s1. The summed E-state index contributed by atoms with van der Waals surface area (Å²) in [5.74, 6) is 1.25. The lowest BCUT2D eigenvalue weighted by molar-refractivity contribution is 0.0863. The fraction of sp³-hybridized carbons (Fsp3) is 0.619. The lowest BCUT2D eigenvalue weighted by Crippen LogP contribution is -2.49. The molecular weight excluding hydrogens is 340 g/mol. The second-order valence-corrected chi connectivity index (χ2v) is 8.17. The molecule has 3 rings (SSSR count). The number of piperidine rings is 1. The van der Waals surface area contributed by atoms with Crippen molar-refractivity contribution in [2.45, 2.75) is 39.7 Å². The number of carbonyl (C=O) groups is 2. The van der Waals surface area contributed by atoms with E-state index in [-0.39, 0.29) is 11.9 Å². The molecule has 2 fully saturated rings. The van der Waals surface area contributed by atoms with Gasteiger partial charge in [-0.25, -0.2) is 4.79 Å². The quantitative estimate of drug-likeness (QED) is 0.807. The fourth-order valence-electron chi connectivity index (χ4n) is 3.96. The van der Waals surface area contributed by atoms with E-state index in [1.807, 2.05) is 12.1 Å². The molecule has 0 aromatic heterocycles. The van der Waals surface area contributed by atoms with Crippen molar-refractivity contribution in [1.29, 1.82) is 0 Å². The Morgan fingerprint density at radius 2 is 1.85 bits per heavy atom. The zero-order valence-corrected chi connectivity index (χ0v) is 16.7. The molecule has 0 aliphatic carbocycles. The first kappa shape index (κ1) is 19.7. The molecule has 2 aliphatic rings. The zero-order valence-electron chi connectivity index (χ0n) is 16.7. The van der Waals surface area contributed by atoms with Gasteiger partial charge >= 0.3 is 6.03 Å². The second kappa shape index (κ2) is 8.74. The zero-order chi connectivity index (χ0) is 19.4. The maximum atomic E-state index is 12.6. The lowest BCUT2D eigenvalue weighted by Gasteiger charge is -2.38. The molecule has 27 heavy (non-hydrogen) atoms. The van der Waals surface area contributed by atoms with Crippen LogP contribution in [0.5, 0.6) is 0 Å². The Balaban J connectivity index is 1.56. The molecule has 0 spiro atoms. The topological polar surface area (TPSA) is 64.7 Å². The SMILES string of the molecule is CC1CCN([C@@H](CNC(=O)c2ccc(N3CCNC3=O)cc2)C(C)C)CC1. The minimum absolute atomic E-state index is 0.0524. The second-order valence-electron chi connectivity index (χ2n) is 8.17. The number of rotatable bonds is 6. The van der Waals surface area contributed by atoms with Gasteiger partial charge in [0.05, 0.1) is 0 Å². The smallest absolute Gasteiger partial charge is 0.321 e. The van der Waals surface area contributed by atoms with Gasteiger partial charge in [-0.05, 0) is 62.0 Å². The lowest BCUT2D eigenvalue weighted by atomic mass is 9.94. The van der Waals surface area contributed by atoms with Gasteiger partial charge in [0.2, 0.25) is 0 Å². The van der Waals surface area contributed by atoms with Crippen molar-refractivity contribution < 1.29 is 9.59 Å². The molecular formula is C21H32N4O2. The maximum absolute atomic E-state index is 12.6. The number of nitrogens with zero attached hydrogens (tertiary/aromatic N) is 2. The van der Waals surface area contributed by atoms with Gasteiger partial charge in [0.15, 0.2) is 0 Å². The van der Waals surface area contributed by atoms with E-state index in [2.05, 4.69) is 36.3 Å². The van der Waals surface area contributed by atoms with Crippen LogP contribution in [-0.4, -0.2) is 55.6 Å². The summed E-state index contributed by atoms with van der Waals surface area (Å²) in [7, 11) is 0. The van der Waals surface area contributed by atoms with Crippen molar-refractivity contribution in [3.63, 3.8) is 0 Å². The van der Waals surface area contributed by atoms with E-state index in [4.69, 9.17) is 0 Å². The van der Waals surface area contributed by atoms with Crippen molar-refractivity contribution in [3.8, 4) is 0 Å². The molecule has 0 bridgehead atoms. The third-order valence-electron chi connectivity index (χ3n) is 5.83. The molecule has 2 saturated heterocycles. The van der Waals surface area contributed by atoms with Crippen LogP contribution in [0.4, 0.5) is 10.5 Å². The normalized spacial score (nSPS) is 20.0. The van der Waals surface area contributed by atoms with Crippen molar-refractivity contribution in [3.05, 3.63) is 29.8 Å². The Morgan fingerprint density at radius 1 is 1.19 bits per heavy atom. The van der Waals surface area contributed by atoms with Gasteiger partial charge in [0.1, 0.15) is 0 Å². The van der Waals surface area contributed by atoms with Crippen LogP contribution in [0, 0.1) is 11.8 Å². The first-order chi connectivity index (χ1) is 13.0. The van der Waals surface area contributed by atoms with Gasteiger partial charge in [0.25, 0.3) is 5.91 Å². The van der Waals surface area contributed by atoms with E-state index >= 15 is 0 Å². The van der Waals surface area contributed by atoms with Crippen molar-refractivity contribution in [2.75, 3.05) is 37.6 Å². The van der Waals surface area contributed by atoms with Crippen LogP contribution in [0.1, 0.15) is 44.0 Å². The van der Waals surface area contributed by atoms with E-state index < -0.39 is 0 Å². The number of carbonyl (C=O) groups excluding carboxylic acids is 2. The maximum Gasteiger partial charge on any atom is 0.321 e. The average molecular weight is 373 g/mol. The van der Waals surface area contributed by atoms with E-state index in [1.165, 1.54) is 12.8 Å². The van der Waals surface area contributed by atoms with Gasteiger partial charge in [-0.15, -0.1) is 0 Å². The highest BCUT2D eigenvalue weighted by Crippen LogP contribution is 2.21. The Hall–Kier alpha value is -2.08. The number of benzene rings is 1. The minimum Gasteiger partial charge on any atom is -0.350 e. The van der Waals surface area contributed by atoms with Crippen LogP contribution in [0.25, 0.3) is 0 Å². The number of likely N-dealkylation sites (tertiary alicyclic amines) is 1. The van der Waals surface area contributed by atoms with Crippen molar-refractivity contribution in [1.82, 2.24) is 15.5 Å². The molecule has 6 heteroatoms. The number of hydrogen-bond acceptors (Lipinski definition) is 3. The van der Waals surface area contributed by atoms with Gasteiger partial charge in [-0.2, -0.15) is 0 Å². The third-order valence-corrected chi connectivity index (χ3v) is 5.83. The van der Waals surface area contributed by atoms with E-state index in [1.54, 1.807) is 17.0 Å². The summed E-state index contributed by atoms with van der Waals surface area (Å²) in [6.07, 6.45) is 2.48. The van der Waals surface area contributed by atoms with Crippen LogP contribution >= 0.6 is 0 Å². The van der Waals surface area contributed by atoms with Crippen LogP contribution in [-0.2, 0) is 0 Å². The van der Waals surface area contributed by atoms with Gasteiger partial charge < -0.3 is 10.6 Å². The predicted molar refractivity (Wildman–Crippen MR) is 108 cm³/mol. The van der Waals surface area contributed by atoms with Crippen molar-refractivity contribution >= 4 is 17.6 Å². The first-order valence-electron chi connectivity index (χ1n) is 10.1. The summed E-state index contributed by atoms with van der Waals surface area (Å²) in [5.41, 5.74) is 1.46. The molecule has 6 nitrogen and oxygen atoms in total. The Labute approximate surface area is 162 Å². The fourth-order valence-corrected chi connectivity index (χ4v) is 3.96. The van der Waals surface area contributed by atoms with Gasteiger partial charge in [-0.1, -0.05) is 20.8 Å². The number of hydrogen-bond donors (Lipinski definition) is 2. The molecule has 0 saturated carbocycles. The summed E-state index contributed by atoms with van der Waals surface area (Å²) in [6, 6.07) is 7.56. The third kappa shape index (κ3) is 4.80. The highest BCUT2D eigenvalue weighted by Gasteiger charge is 2.26. The molecule has 0 unspecified atom stereocenters. The van der Waals surface area contributed by atoms with Crippen molar-refractivity contribution in [2.24, 2.45) is 11.8 Å². The van der Waals surface area contributed by atoms with E-state index in [9.17, 15) is 9.59 Å². The average Bonchev–Trinajstić information content (AvgIpc) is 3.09. The minimum atomic E-state index is -0.0807. The summed E-state index contributed by atoms with van der Waals surface area (Å²) < 4.78 is 0. The molecule has 148 valence electrons. The van der Waals surface area contributed by atoms with Crippen LogP contribution in [0.3, 0.4) is 0 Å². The largest absolute Gasteiger partial charge is 0.350 e.